The van der Waals surface area contributed by atoms with E-state index in [4.69, 9.17) is 16.3 Å². The number of rotatable bonds is 4. The second kappa shape index (κ2) is 6.45. The van der Waals surface area contributed by atoms with Crippen LogP contribution in [0.25, 0.3) is 10.9 Å². The standard InChI is InChI=1S/C18H13ClFNO3/c1-10-16(11-5-2-3-8-14(11)21-10)15(22)9-24-18(23)17-12(19)6-4-7-13(17)20/h2-8,21H,9H2,1H3. The Morgan fingerprint density at radius 3 is 2.62 bits per heavy atom. The maximum absolute atomic E-state index is 13.7. The lowest BCUT2D eigenvalue weighted by Gasteiger charge is -2.07. The average molecular weight is 346 g/mol. The molecule has 0 aliphatic heterocycles. The predicted molar refractivity (Wildman–Crippen MR) is 89.1 cm³/mol. The number of carbonyl (C=O) groups is 2. The third kappa shape index (κ3) is 2.90. The Balaban J connectivity index is 1.80. The number of H-pyrrole nitrogens is 1. The molecule has 1 heterocycles. The molecule has 24 heavy (non-hydrogen) atoms. The lowest BCUT2D eigenvalue weighted by molar-refractivity contribution is 0.0470. The summed E-state index contributed by atoms with van der Waals surface area (Å²) >= 11 is 5.81. The molecule has 2 aromatic carbocycles. The maximum atomic E-state index is 13.7. The minimum Gasteiger partial charge on any atom is -0.454 e. The second-order valence-corrected chi connectivity index (χ2v) is 5.67. The molecule has 0 radical (unpaired) electrons. The average Bonchev–Trinajstić information content (AvgIpc) is 2.88. The van der Waals surface area contributed by atoms with Crippen LogP contribution in [0.3, 0.4) is 0 Å². The van der Waals surface area contributed by atoms with Gasteiger partial charge >= 0.3 is 5.97 Å². The molecule has 3 rings (SSSR count). The quantitative estimate of drug-likeness (QED) is 0.566. The molecule has 3 aromatic rings. The van der Waals surface area contributed by atoms with Gasteiger partial charge in [-0.15, -0.1) is 0 Å². The molecule has 0 fully saturated rings. The Labute approximate surface area is 142 Å². The summed E-state index contributed by atoms with van der Waals surface area (Å²) in [7, 11) is 0. The van der Waals surface area contributed by atoms with Gasteiger partial charge in [0.2, 0.25) is 5.78 Å². The summed E-state index contributed by atoms with van der Waals surface area (Å²) in [6, 6.07) is 11.2. The van der Waals surface area contributed by atoms with Crippen LogP contribution >= 0.6 is 11.6 Å². The van der Waals surface area contributed by atoms with Crippen molar-refractivity contribution in [3.63, 3.8) is 0 Å². The molecule has 0 amide bonds. The summed E-state index contributed by atoms with van der Waals surface area (Å²) in [6.45, 7) is 1.27. The molecule has 0 aliphatic carbocycles. The summed E-state index contributed by atoms with van der Waals surface area (Å²) in [6.07, 6.45) is 0. The van der Waals surface area contributed by atoms with E-state index in [0.717, 1.165) is 17.0 Å². The first-order chi connectivity index (χ1) is 11.5. The summed E-state index contributed by atoms with van der Waals surface area (Å²) in [5.41, 5.74) is 1.59. The van der Waals surface area contributed by atoms with Crippen molar-refractivity contribution < 1.29 is 18.7 Å². The van der Waals surface area contributed by atoms with Crippen LogP contribution in [0.4, 0.5) is 4.39 Å². The van der Waals surface area contributed by atoms with E-state index in [1.807, 2.05) is 24.3 Å². The highest BCUT2D eigenvalue weighted by Gasteiger charge is 2.21. The third-order valence-electron chi connectivity index (χ3n) is 3.67. The highest BCUT2D eigenvalue weighted by molar-refractivity contribution is 6.33. The fourth-order valence-electron chi connectivity index (χ4n) is 2.60. The van der Waals surface area contributed by atoms with Crippen molar-refractivity contribution in [2.45, 2.75) is 6.92 Å². The molecule has 0 spiro atoms. The van der Waals surface area contributed by atoms with Gasteiger partial charge in [0.1, 0.15) is 11.4 Å². The first kappa shape index (κ1) is 16.2. The number of ketones is 1. The molecule has 0 aliphatic rings. The van der Waals surface area contributed by atoms with E-state index in [1.54, 1.807) is 6.92 Å². The van der Waals surface area contributed by atoms with Crippen molar-refractivity contribution in [3.05, 3.63) is 70.1 Å². The maximum Gasteiger partial charge on any atom is 0.343 e. The van der Waals surface area contributed by atoms with Gasteiger partial charge in [0, 0.05) is 22.2 Å². The fraction of sp³-hybridized carbons (Fsp3) is 0.111. The first-order valence-electron chi connectivity index (χ1n) is 7.20. The van der Waals surface area contributed by atoms with Gasteiger partial charge in [-0.05, 0) is 25.1 Å². The molecule has 1 N–H and O–H groups in total. The van der Waals surface area contributed by atoms with Gasteiger partial charge in [-0.2, -0.15) is 0 Å². The van der Waals surface area contributed by atoms with Crippen LogP contribution in [-0.4, -0.2) is 23.3 Å². The highest BCUT2D eigenvalue weighted by atomic mass is 35.5. The second-order valence-electron chi connectivity index (χ2n) is 5.27. The largest absolute Gasteiger partial charge is 0.454 e. The Morgan fingerprint density at radius 1 is 1.12 bits per heavy atom. The number of nitrogens with one attached hydrogen (secondary N) is 1. The summed E-state index contributed by atoms with van der Waals surface area (Å²) in [5.74, 6) is -2.13. The van der Waals surface area contributed by atoms with Crippen molar-refractivity contribution in [1.29, 1.82) is 0 Å². The molecule has 6 heteroatoms. The molecular formula is C18H13ClFNO3. The number of aromatic nitrogens is 1. The number of hydrogen-bond acceptors (Lipinski definition) is 3. The number of para-hydroxylation sites is 1. The van der Waals surface area contributed by atoms with E-state index >= 15 is 0 Å². The van der Waals surface area contributed by atoms with E-state index < -0.39 is 18.4 Å². The molecule has 0 saturated heterocycles. The minimum absolute atomic E-state index is 0.0595. The molecule has 122 valence electrons. The Bertz CT molecular complexity index is 928. The van der Waals surface area contributed by atoms with Crippen molar-refractivity contribution in [1.82, 2.24) is 4.98 Å². The number of benzene rings is 2. The minimum atomic E-state index is -0.969. The van der Waals surface area contributed by atoms with E-state index in [9.17, 15) is 14.0 Å². The lowest BCUT2D eigenvalue weighted by atomic mass is 10.1. The van der Waals surface area contributed by atoms with Gasteiger partial charge in [0.15, 0.2) is 6.61 Å². The molecule has 0 unspecified atom stereocenters. The smallest absolute Gasteiger partial charge is 0.343 e. The van der Waals surface area contributed by atoms with Crippen LogP contribution in [0.1, 0.15) is 26.4 Å². The predicted octanol–water partition coefficient (Wildman–Crippen LogP) is 4.31. The SMILES string of the molecule is Cc1[nH]c2ccccc2c1C(=O)COC(=O)c1c(F)cccc1Cl. The molecule has 4 nitrogen and oxygen atoms in total. The normalized spacial score (nSPS) is 10.8. The first-order valence-corrected chi connectivity index (χ1v) is 7.58. The van der Waals surface area contributed by atoms with E-state index in [2.05, 4.69) is 4.98 Å². The van der Waals surface area contributed by atoms with Crippen molar-refractivity contribution in [2.75, 3.05) is 6.61 Å². The monoisotopic (exact) mass is 345 g/mol. The van der Waals surface area contributed by atoms with Crippen LogP contribution in [-0.2, 0) is 4.74 Å². The van der Waals surface area contributed by atoms with Gasteiger partial charge in [-0.1, -0.05) is 35.9 Å². The van der Waals surface area contributed by atoms with Crippen LogP contribution in [0.2, 0.25) is 5.02 Å². The summed E-state index contributed by atoms with van der Waals surface area (Å²) < 4.78 is 18.6. The van der Waals surface area contributed by atoms with E-state index in [0.29, 0.717) is 11.3 Å². The number of esters is 1. The van der Waals surface area contributed by atoms with Gasteiger partial charge in [0.05, 0.1) is 5.02 Å². The van der Waals surface area contributed by atoms with Gasteiger partial charge in [0.25, 0.3) is 0 Å². The topological polar surface area (TPSA) is 59.2 Å². The zero-order chi connectivity index (χ0) is 17.3. The molecule has 1 aromatic heterocycles. The Hall–Kier alpha value is -2.66. The number of halogens is 2. The van der Waals surface area contributed by atoms with Crippen molar-refractivity contribution >= 4 is 34.3 Å². The van der Waals surface area contributed by atoms with Crippen LogP contribution in [0.15, 0.2) is 42.5 Å². The van der Waals surface area contributed by atoms with E-state index in [1.165, 1.54) is 12.1 Å². The summed E-state index contributed by atoms with van der Waals surface area (Å²) in [4.78, 5) is 27.5. The number of aromatic amines is 1. The van der Waals surface area contributed by atoms with Crippen LogP contribution in [0, 0.1) is 12.7 Å². The summed E-state index contributed by atoms with van der Waals surface area (Å²) in [5, 5.41) is 0.690. The number of carbonyl (C=O) groups excluding carboxylic acids is 2. The highest BCUT2D eigenvalue weighted by Crippen LogP contribution is 2.23. The Morgan fingerprint density at radius 2 is 1.88 bits per heavy atom. The molecule has 0 bridgehead atoms. The fourth-order valence-corrected chi connectivity index (χ4v) is 2.84. The van der Waals surface area contributed by atoms with Crippen LogP contribution < -0.4 is 0 Å². The van der Waals surface area contributed by atoms with E-state index in [-0.39, 0.29) is 16.4 Å². The number of hydrogen-bond donors (Lipinski definition) is 1. The van der Waals surface area contributed by atoms with Gasteiger partial charge in [-0.3, -0.25) is 4.79 Å². The molecule has 0 atom stereocenters. The zero-order valence-electron chi connectivity index (χ0n) is 12.7. The zero-order valence-corrected chi connectivity index (χ0v) is 13.5. The molecule has 0 saturated carbocycles. The van der Waals surface area contributed by atoms with Gasteiger partial charge < -0.3 is 9.72 Å². The number of fused-ring (bicyclic) bond motifs is 1. The van der Waals surface area contributed by atoms with Crippen molar-refractivity contribution in [2.24, 2.45) is 0 Å². The number of aryl methyl sites for hydroxylation is 1. The third-order valence-corrected chi connectivity index (χ3v) is 3.99. The van der Waals surface area contributed by atoms with Crippen LogP contribution in [0.5, 0.6) is 0 Å². The van der Waals surface area contributed by atoms with Gasteiger partial charge in [-0.25, -0.2) is 9.18 Å². The van der Waals surface area contributed by atoms with Crippen molar-refractivity contribution in [3.8, 4) is 0 Å². The Kier molecular flexibility index (Phi) is 4.36. The molecular weight excluding hydrogens is 333 g/mol. The lowest BCUT2D eigenvalue weighted by Crippen LogP contribution is -2.16. The number of Topliss-reactive ketones (excluding diaryl/α,β-unsaturated/α-hetero) is 1. The number of ether oxygens (including phenoxy) is 1.